The van der Waals surface area contributed by atoms with E-state index >= 15 is 0 Å². The molecule has 0 aliphatic rings. The maximum atomic E-state index is 9.25. The Kier molecular flexibility index (Phi) is 5.67. The highest BCUT2D eigenvalue weighted by atomic mass is 16.5. The van der Waals surface area contributed by atoms with Gasteiger partial charge in [-0.25, -0.2) is 0 Å². The summed E-state index contributed by atoms with van der Waals surface area (Å²) in [6.07, 6.45) is 0.881. The van der Waals surface area contributed by atoms with Crippen molar-refractivity contribution in [3.63, 3.8) is 0 Å². The Morgan fingerprint density at radius 2 is 2.25 bits per heavy atom. The molecule has 0 radical (unpaired) electrons. The zero-order valence-electron chi connectivity index (χ0n) is 9.56. The molecule has 0 saturated heterocycles. The highest BCUT2D eigenvalue weighted by molar-refractivity contribution is 5.31. The predicted molar refractivity (Wildman–Crippen MR) is 62.6 cm³/mol. The fourth-order valence-corrected chi connectivity index (χ4v) is 1.34. The number of ether oxygens (including phenoxy) is 2. The average molecular weight is 225 g/mol. The molecule has 0 heterocycles. The Morgan fingerprint density at radius 3 is 2.88 bits per heavy atom. The molecule has 16 heavy (non-hydrogen) atoms. The van der Waals surface area contributed by atoms with Crippen LogP contribution in [0.15, 0.2) is 24.3 Å². The first-order valence-electron chi connectivity index (χ1n) is 5.37. The summed E-state index contributed by atoms with van der Waals surface area (Å²) in [5.41, 5.74) is 5.62. The van der Waals surface area contributed by atoms with Gasteiger partial charge in [0.1, 0.15) is 11.5 Å². The lowest BCUT2D eigenvalue weighted by molar-refractivity contribution is 0.157. The predicted octanol–water partition coefficient (Wildman–Crippen LogP) is 1.38. The van der Waals surface area contributed by atoms with Crippen molar-refractivity contribution in [1.82, 2.24) is 0 Å². The lowest BCUT2D eigenvalue weighted by Crippen LogP contribution is -2.22. The molecule has 0 saturated carbocycles. The van der Waals surface area contributed by atoms with Crippen LogP contribution in [-0.4, -0.2) is 32.0 Å². The number of nitrogens with two attached hydrogens (primary N) is 1. The number of hydrogen-bond acceptors (Lipinski definition) is 4. The van der Waals surface area contributed by atoms with E-state index in [0.29, 0.717) is 25.5 Å². The molecule has 0 fully saturated rings. The van der Waals surface area contributed by atoms with E-state index in [0.717, 1.165) is 6.42 Å². The van der Waals surface area contributed by atoms with E-state index in [1.807, 2.05) is 6.07 Å². The smallest absolute Gasteiger partial charge is 0.122 e. The van der Waals surface area contributed by atoms with E-state index in [1.54, 1.807) is 25.3 Å². The Labute approximate surface area is 96.0 Å². The van der Waals surface area contributed by atoms with Crippen LogP contribution in [0.1, 0.15) is 6.42 Å². The van der Waals surface area contributed by atoms with Crippen LogP contribution in [0.5, 0.6) is 11.5 Å². The molecule has 4 heteroatoms. The summed E-state index contributed by atoms with van der Waals surface area (Å²) in [6, 6.07) is 6.75. The maximum absolute atomic E-state index is 9.25. The third-order valence-corrected chi connectivity index (χ3v) is 2.37. The number of phenolic OH excluding ortho intramolecular Hbond substituents is 1. The number of rotatable bonds is 7. The minimum atomic E-state index is 0.207. The van der Waals surface area contributed by atoms with Gasteiger partial charge in [0.15, 0.2) is 0 Å². The molecule has 0 bridgehead atoms. The summed E-state index contributed by atoms with van der Waals surface area (Å²) in [5, 5.41) is 9.25. The van der Waals surface area contributed by atoms with Crippen LogP contribution in [0.4, 0.5) is 0 Å². The number of benzene rings is 1. The van der Waals surface area contributed by atoms with Gasteiger partial charge in [0, 0.05) is 25.7 Å². The number of methoxy groups -OCH3 is 1. The molecule has 1 aromatic rings. The lowest BCUT2D eigenvalue weighted by Gasteiger charge is -2.15. The number of aromatic hydroxyl groups is 1. The van der Waals surface area contributed by atoms with Crippen LogP contribution in [0, 0.1) is 5.92 Å². The van der Waals surface area contributed by atoms with Gasteiger partial charge < -0.3 is 20.3 Å². The van der Waals surface area contributed by atoms with Gasteiger partial charge in [0.2, 0.25) is 0 Å². The van der Waals surface area contributed by atoms with E-state index in [2.05, 4.69) is 0 Å². The maximum Gasteiger partial charge on any atom is 0.122 e. The molecule has 3 N–H and O–H groups in total. The largest absolute Gasteiger partial charge is 0.508 e. The van der Waals surface area contributed by atoms with Crippen molar-refractivity contribution in [2.45, 2.75) is 6.42 Å². The molecule has 0 aliphatic carbocycles. The Bertz CT molecular complexity index is 304. The SMILES string of the molecule is COCCC(CN)COc1cccc(O)c1. The second kappa shape index (κ2) is 7.09. The minimum Gasteiger partial charge on any atom is -0.508 e. The fourth-order valence-electron chi connectivity index (χ4n) is 1.34. The van der Waals surface area contributed by atoms with Gasteiger partial charge >= 0.3 is 0 Å². The molecule has 90 valence electrons. The van der Waals surface area contributed by atoms with Crippen LogP contribution in [0.2, 0.25) is 0 Å². The van der Waals surface area contributed by atoms with Crippen molar-refractivity contribution in [2.24, 2.45) is 11.7 Å². The van der Waals surface area contributed by atoms with Crippen molar-refractivity contribution >= 4 is 0 Å². The normalized spacial score (nSPS) is 12.4. The summed E-state index contributed by atoms with van der Waals surface area (Å²) in [4.78, 5) is 0. The van der Waals surface area contributed by atoms with Crippen molar-refractivity contribution in [3.05, 3.63) is 24.3 Å². The zero-order valence-corrected chi connectivity index (χ0v) is 9.56. The molecule has 1 rings (SSSR count). The fraction of sp³-hybridized carbons (Fsp3) is 0.500. The average Bonchev–Trinajstić information content (AvgIpc) is 2.29. The van der Waals surface area contributed by atoms with E-state index in [1.165, 1.54) is 0 Å². The molecule has 0 aromatic heterocycles. The first-order chi connectivity index (χ1) is 7.76. The van der Waals surface area contributed by atoms with E-state index < -0.39 is 0 Å². The molecule has 0 aliphatic heterocycles. The standard InChI is InChI=1S/C12H19NO3/c1-15-6-5-10(8-13)9-16-12-4-2-3-11(14)7-12/h2-4,7,10,14H,5-6,8-9,13H2,1H3. The Hall–Kier alpha value is -1.26. The van der Waals surface area contributed by atoms with Crippen LogP contribution in [-0.2, 0) is 4.74 Å². The summed E-state index contributed by atoms with van der Waals surface area (Å²) in [7, 11) is 1.67. The van der Waals surface area contributed by atoms with Crippen molar-refractivity contribution in [1.29, 1.82) is 0 Å². The Balaban J connectivity index is 2.37. The van der Waals surface area contributed by atoms with Crippen molar-refractivity contribution < 1.29 is 14.6 Å². The summed E-state index contributed by atoms with van der Waals surface area (Å²) in [5.74, 6) is 1.15. The lowest BCUT2D eigenvalue weighted by atomic mass is 10.1. The van der Waals surface area contributed by atoms with E-state index in [9.17, 15) is 5.11 Å². The summed E-state index contributed by atoms with van der Waals surface area (Å²) >= 11 is 0. The second-order valence-corrected chi connectivity index (χ2v) is 3.69. The molecule has 4 nitrogen and oxygen atoms in total. The second-order valence-electron chi connectivity index (χ2n) is 3.69. The van der Waals surface area contributed by atoms with Crippen molar-refractivity contribution in [2.75, 3.05) is 26.9 Å². The molecule has 1 aromatic carbocycles. The topological polar surface area (TPSA) is 64.7 Å². The Morgan fingerprint density at radius 1 is 1.44 bits per heavy atom. The molecule has 0 amide bonds. The molecular weight excluding hydrogens is 206 g/mol. The van der Waals surface area contributed by atoms with Crippen LogP contribution < -0.4 is 10.5 Å². The molecule has 1 atom stereocenters. The highest BCUT2D eigenvalue weighted by Crippen LogP contribution is 2.18. The van der Waals surface area contributed by atoms with Gasteiger partial charge in [-0.3, -0.25) is 0 Å². The highest BCUT2D eigenvalue weighted by Gasteiger charge is 2.07. The van der Waals surface area contributed by atoms with Gasteiger partial charge in [-0.15, -0.1) is 0 Å². The minimum absolute atomic E-state index is 0.207. The summed E-state index contributed by atoms with van der Waals surface area (Å²) < 4.78 is 10.5. The third kappa shape index (κ3) is 4.51. The zero-order chi connectivity index (χ0) is 11.8. The van der Waals surface area contributed by atoms with Crippen molar-refractivity contribution in [3.8, 4) is 11.5 Å². The van der Waals surface area contributed by atoms with Gasteiger partial charge in [0.05, 0.1) is 6.61 Å². The number of hydrogen-bond donors (Lipinski definition) is 2. The van der Waals surface area contributed by atoms with Crippen LogP contribution in [0.3, 0.4) is 0 Å². The van der Waals surface area contributed by atoms with Gasteiger partial charge in [-0.1, -0.05) is 6.07 Å². The van der Waals surface area contributed by atoms with E-state index in [4.69, 9.17) is 15.2 Å². The first kappa shape index (κ1) is 12.8. The van der Waals surface area contributed by atoms with Crippen LogP contribution in [0.25, 0.3) is 0 Å². The molecular formula is C12H19NO3. The first-order valence-corrected chi connectivity index (χ1v) is 5.37. The van der Waals surface area contributed by atoms with Gasteiger partial charge in [-0.05, 0) is 25.1 Å². The van der Waals surface area contributed by atoms with E-state index in [-0.39, 0.29) is 11.7 Å². The molecule has 1 unspecified atom stereocenters. The monoisotopic (exact) mass is 225 g/mol. The number of phenols is 1. The molecule has 0 spiro atoms. The quantitative estimate of drug-likeness (QED) is 0.736. The third-order valence-electron chi connectivity index (χ3n) is 2.37. The van der Waals surface area contributed by atoms with Gasteiger partial charge in [0.25, 0.3) is 0 Å². The summed E-state index contributed by atoms with van der Waals surface area (Å²) in [6.45, 7) is 1.80. The van der Waals surface area contributed by atoms with Crippen LogP contribution >= 0.6 is 0 Å². The van der Waals surface area contributed by atoms with Gasteiger partial charge in [-0.2, -0.15) is 0 Å².